The summed E-state index contributed by atoms with van der Waals surface area (Å²) in [7, 11) is -2.17. The van der Waals surface area contributed by atoms with Gasteiger partial charge in [0, 0.05) is 0 Å². The monoisotopic (exact) mass is 378 g/mol. The minimum Gasteiger partial charge on any atom is -1.00 e. The fourth-order valence-electron chi connectivity index (χ4n) is 0.799. The molecule has 0 saturated carbocycles. The van der Waals surface area contributed by atoms with Crippen LogP contribution in [0.15, 0.2) is 18.2 Å². The average Bonchev–Trinajstić information content (AvgIpc) is 2.14. The van der Waals surface area contributed by atoms with Crippen molar-refractivity contribution in [3.8, 4) is 0 Å². The first-order valence-electron chi connectivity index (χ1n) is 4.14. The zero-order valence-electron chi connectivity index (χ0n) is 9.50. The molecule has 1 rings (SSSR count). The normalized spacial score (nSPS) is 10.4. The van der Waals surface area contributed by atoms with Gasteiger partial charge in [0.1, 0.15) is 0 Å². The van der Waals surface area contributed by atoms with Crippen LogP contribution in [0.5, 0.6) is 0 Å². The van der Waals surface area contributed by atoms with Gasteiger partial charge in [-0.3, -0.25) is 0 Å². The van der Waals surface area contributed by atoms with Gasteiger partial charge < -0.3 is 32.1 Å². The van der Waals surface area contributed by atoms with E-state index in [0.29, 0.717) is 12.1 Å². The number of hydrogen-bond donors (Lipinski definition) is 3. The molecule has 110 valence electrons. The molecule has 1 aromatic carbocycles. The van der Waals surface area contributed by atoms with E-state index in [1.807, 2.05) is 0 Å². The molecule has 0 aliphatic heterocycles. The Morgan fingerprint density at radius 3 is 1.30 bits per heavy atom. The van der Waals surface area contributed by atoms with Gasteiger partial charge in [-0.25, -0.2) is 0 Å². The van der Waals surface area contributed by atoms with Crippen molar-refractivity contribution in [2.24, 2.45) is 0 Å². The third-order valence-electron chi connectivity index (χ3n) is 1.44. The Morgan fingerprint density at radius 2 is 1.10 bits per heavy atom. The predicted molar refractivity (Wildman–Crippen MR) is 53.4 cm³/mol. The average molecular weight is 379 g/mol. The smallest absolute Gasteiger partial charge is 1.00 e. The summed E-state index contributed by atoms with van der Waals surface area (Å²) in [6.45, 7) is 0. The molecule has 0 aromatic heterocycles. The zero-order chi connectivity index (χ0) is 14.6. The predicted octanol–water partition coefficient (Wildman–Crippen LogP) is -1.90. The Labute approximate surface area is 136 Å². The molecule has 0 atom stereocenters. The second-order valence-electron chi connectivity index (χ2n) is 2.85. The maximum atomic E-state index is 12.0. The molecule has 0 aliphatic carbocycles. The third kappa shape index (κ3) is 10.7. The van der Waals surface area contributed by atoms with E-state index in [9.17, 15) is 26.3 Å². The molecule has 12 heteroatoms. The van der Waals surface area contributed by atoms with Gasteiger partial charge in [-0.15, -0.1) is 6.07 Å². The third-order valence-corrected chi connectivity index (χ3v) is 1.44. The van der Waals surface area contributed by atoms with Gasteiger partial charge in [-0.1, -0.05) is 11.1 Å². The van der Waals surface area contributed by atoms with Crippen LogP contribution in [0.25, 0.3) is 0 Å². The van der Waals surface area contributed by atoms with Crippen molar-refractivity contribution in [1.82, 2.24) is 0 Å². The number of halogens is 7. The second-order valence-corrected chi connectivity index (χ2v) is 2.85. The van der Waals surface area contributed by atoms with Crippen molar-refractivity contribution < 1.29 is 58.4 Å². The van der Waals surface area contributed by atoms with Crippen molar-refractivity contribution in [3.63, 3.8) is 0 Å². The maximum absolute atomic E-state index is 12.0. The summed E-state index contributed by atoms with van der Waals surface area (Å²) < 4.78 is 71.8. The van der Waals surface area contributed by atoms with E-state index in [-0.39, 0.29) is 46.1 Å². The first-order valence-corrected chi connectivity index (χ1v) is 4.14. The van der Waals surface area contributed by atoms with Crippen LogP contribution in [0.2, 0.25) is 0 Å². The van der Waals surface area contributed by atoms with Gasteiger partial charge in [-0.05, 0) is 0 Å². The van der Waals surface area contributed by atoms with Gasteiger partial charge in [0.15, 0.2) is 0 Å². The molecule has 0 bridgehead atoms. The van der Waals surface area contributed by atoms with Crippen LogP contribution in [0.3, 0.4) is 0 Å². The molecule has 0 amide bonds. The van der Waals surface area contributed by atoms with Crippen LogP contribution < -0.4 is 17.0 Å². The Hall–Kier alpha value is -0.00883. The molecule has 0 spiro atoms. The standard InChI is InChI=1S/C8H3F6.BH3O3.BrH.Mg/c9-7(10,11)5-2-1-3-6(4-5)8(12,13)14;2-1(3)4;;/h2-4H;2-4H;1H;/q-1;;;+2/p-1. The van der Waals surface area contributed by atoms with Crippen LogP contribution in [0.1, 0.15) is 11.1 Å². The molecular weight excluding hydrogens is 373 g/mol. The summed E-state index contributed by atoms with van der Waals surface area (Å²) in [6.07, 6.45) is -9.56. The van der Waals surface area contributed by atoms with Crippen molar-refractivity contribution in [2.45, 2.75) is 12.4 Å². The van der Waals surface area contributed by atoms with Crippen LogP contribution in [-0.4, -0.2) is 45.4 Å². The molecule has 0 heterocycles. The maximum Gasteiger partial charge on any atom is 2.00 e. The number of hydrogen-bond acceptors (Lipinski definition) is 3. The topological polar surface area (TPSA) is 60.7 Å². The van der Waals surface area contributed by atoms with E-state index in [1.165, 1.54) is 0 Å². The van der Waals surface area contributed by atoms with Crippen molar-refractivity contribution in [1.29, 1.82) is 0 Å². The first-order chi connectivity index (χ1) is 7.94. The summed E-state index contributed by atoms with van der Waals surface area (Å²) in [6, 6.07) is 2.79. The van der Waals surface area contributed by atoms with Crippen molar-refractivity contribution in [3.05, 3.63) is 35.4 Å². The largest absolute Gasteiger partial charge is 2.00 e. The number of benzene rings is 1. The minimum atomic E-state index is -4.78. The Bertz CT molecular complexity index is 355. The Balaban J connectivity index is -0.000000429. The SMILES string of the molecule is FC(F)(F)c1c[c-]cc(C(F)(F)F)c1.OB(O)O.[Br-].[Mg+2]. The van der Waals surface area contributed by atoms with Gasteiger partial charge in [-0.2, -0.15) is 44.5 Å². The molecule has 3 N–H and O–H groups in total. The summed E-state index contributed by atoms with van der Waals surface area (Å²) in [5, 5.41) is 21.5. The van der Waals surface area contributed by atoms with E-state index in [2.05, 4.69) is 0 Å². The minimum absolute atomic E-state index is 0. The van der Waals surface area contributed by atoms with Gasteiger partial charge >= 0.3 is 42.7 Å². The molecule has 0 aliphatic rings. The Morgan fingerprint density at radius 1 is 0.850 bits per heavy atom. The van der Waals surface area contributed by atoms with E-state index in [4.69, 9.17) is 15.1 Å². The van der Waals surface area contributed by atoms with E-state index in [0.717, 1.165) is 0 Å². The van der Waals surface area contributed by atoms with Crippen molar-refractivity contribution >= 4 is 30.4 Å². The molecule has 0 unspecified atom stereocenters. The quantitative estimate of drug-likeness (QED) is 0.280. The molecular formula is C8H6BBrF6MgO3. The van der Waals surface area contributed by atoms with Gasteiger partial charge in [0.25, 0.3) is 0 Å². The van der Waals surface area contributed by atoms with E-state index < -0.39 is 30.8 Å². The fourth-order valence-corrected chi connectivity index (χ4v) is 0.799. The van der Waals surface area contributed by atoms with E-state index >= 15 is 0 Å². The fraction of sp³-hybridized carbons (Fsp3) is 0.250. The molecule has 20 heavy (non-hydrogen) atoms. The van der Waals surface area contributed by atoms with Crippen LogP contribution in [0, 0.1) is 6.07 Å². The summed E-state index contributed by atoms with van der Waals surface area (Å²) in [4.78, 5) is 0. The summed E-state index contributed by atoms with van der Waals surface area (Å²) in [5.74, 6) is 0. The van der Waals surface area contributed by atoms with E-state index in [1.54, 1.807) is 6.07 Å². The molecule has 3 nitrogen and oxygen atoms in total. The Kier molecular flexibility index (Phi) is 12.3. The number of alkyl halides is 6. The first kappa shape index (κ1) is 25.0. The molecule has 1 aromatic rings. The van der Waals surface area contributed by atoms with Gasteiger partial charge in [0.2, 0.25) is 0 Å². The van der Waals surface area contributed by atoms with Gasteiger partial charge in [0.05, 0.1) is 0 Å². The molecule has 0 radical (unpaired) electrons. The summed E-state index contributed by atoms with van der Waals surface area (Å²) >= 11 is 0. The van der Waals surface area contributed by atoms with Crippen LogP contribution >= 0.6 is 0 Å². The number of rotatable bonds is 0. The summed E-state index contributed by atoms with van der Waals surface area (Å²) in [5.41, 5.74) is -2.71. The molecule has 0 saturated heterocycles. The van der Waals surface area contributed by atoms with Crippen molar-refractivity contribution in [2.75, 3.05) is 0 Å². The van der Waals surface area contributed by atoms with Crippen LogP contribution in [-0.2, 0) is 12.4 Å². The van der Waals surface area contributed by atoms with Crippen LogP contribution in [0.4, 0.5) is 26.3 Å². The zero-order valence-corrected chi connectivity index (χ0v) is 12.5. The second kappa shape index (κ2) is 9.84. The molecule has 0 fully saturated rings.